The molecule has 0 saturated carbocycles. The standard InChI is InChI=1S/C10H14N2O5S/c1-7-4-8(6-13)9(12(14)15)5-10(7)18(16,17)11(2)3/h4-5,13H,6H2,1-3H3. The molecule has 100 valence electrons. The van der Waals surface area contributed by atoms with Gasteiger partial charge in [-0.3, -0.25) is 10.1 Å². The number of hydrogen-bond acceptors (Lipinski definition) is 5. The Labute approximate surface area is 105 Å². The molecule has 0 saturated heterocycles. The van der Waals surface area contributed by atoms with Crippen LogP contribution in [0.15, 0.2) is 17.0 Å². The van der Waals surface area contributed by atoms with Gasteiger partial charge in [-0.2, -0.15) is 0 Å². The van der Waals surface area contributed by atoms with Crippen molar-refractivity contribution in [3.8, 4) is 0 Å². The van der Waals surface area contributed by atoms with Crippen molar-refractivity contribution in [2.45, 2.75) is 18.4 Å². The van der Waals surface area contributed by atoms with Crippen molar-refractivity contribution in [1.82, 2.24) is 4.31 Å². The highest BCUT2D eigenvalue weighted by atomic mass is 32.2. The Hall–Kier alpha value is -1.51. The molecule has 0 fully saturated rings. The van der Waals surface area contributed by atoms with E-state index in [1.807, 2.05) is 0 Å². The van der Waals surface area contributed by atoms with Crippen LogP contribution in [0.1, 0.15) is 11.1 Å². The highest BCUT2D eigenvalue weighted by Crippen LogP contribution is 2.27. The van der Waals surface area contributed by atoms with Gasteiger partial charge in [0.05, 0.1) is 22.0 Å². The maximum atomic E-state index is 12.0. The van der Waals surface area contributed by atoms with E-state index in [2.05, 4.69) is 0 Å². The van der Waals surface area contributed by atoms with Gasteiger partial charge in [0.1, 0.15) is 0 Å². The van der Waals surface area contributed by atoms with Gasteiger partial charge in [-0.1, -0.05) is 0 Å². The molecule has 1 rings (SSSR count). The normalized spacial score (nSPS) is 11.8. The summed E-state index contributed by atoms with van der Waals surface area (Å²) in [5, 5.41) is 19.9. The third kappa shape index (κ3) is 2.50. The van der Waals surface area contributed by atoms with E-state index in [-0.39, 0.29) is 10.5 Å². The number of aliphatic hydroxyl groups excluding tert-OH is 1. The number of nitro groups is 1. The molecule has 0 bridgehead atoms. The lowest BCUT2D eigenvalue weighted by atomic mass is 10.1. The van der Waals surface area contributed by atoms with E-state index in [1.165, 1.54) is 27.1 Å². The Morgan fingerprint density at radius 2 is 1.94 bits per heavy atom. The van der Waals surface area contributed by atoms with Gasteiger partial charge in [0, 0.05) is 20.2 Å². The number of aliphatic hydroxyl groups is 1. The lowest BCUT2D eigenvalue weighted by Gasteiger charge is -2.14. The number of nitrogens with zero attached hydrogens (tertiary/aromatic N) is 2. The van der Waals surface area contributed by atoms with Gasteiger partial charge < -0.3 is 5.11 Å². The first-order valence-electron chi connectivity index (χ1n) is 5.03. The maximum Gasteiger partial charge on any atom is 0.276 e. The molecule has 0 aliphatic heterocycles. The third-order valence-electron chi connectivity index (χ3n) is 2.50. The molecule has 0 aliphatic rings. The average Bonchev–Trinajstić information content (AvgIpc) is 2.27. The lowest BCUT2D eigenvalue weighted by Crippen LogP contribution is -2.23. The summed E-state index contributed by atoms with van der Waals surface area (Å²) in [6.45, 7) is 1.01. The summed E-state index contributed by atoms with van der Waals surface area (Å²) in [5.41, 5.74) is 0.0529. The average molecular weight is 274 g/mol. The zero-order valence-corrected chi connectivity index (χ0v) is 11.1. The number of aryl methyl sites for hydroxylation is 1. The summed E-state index contributed by atoms with van der Waals surface area (Å²) in [7, 11) is -1.05. The van der Waals surface area contributed by atoms with E-state index >= 15 is 0 Å². The summed E-state index contributed by atoms with van der Waals surface area (Å²) in [6.07, 6.45) is 0. The molecular formula is C10H14N2O5S. The lowest BCUT2D eigenvalue weighted by molar-refractivity contribution is -0.386. The molecule has 0 atom stereocenters. The van der Waals surface area contributed by atoms with E-state index in [0.717, 1.165) is 10.4 Å². The van der Waals surface area contributed by atoms with Crippen LogP contribution in [0.25, 0.3) is 0 Å². The quantitative estimate of drug-likeness (QED) is 0.641. The molecule has 0 spiro atoms. The molecule has 0 aromatic heterocycles. The van der Waals surface area contributed by atoms with Gasteiger partial charge in [-0.15, -0.1) is 0 Å². The smallest absolute Gasteiger partial charge is 0.276 e. The molecule has 0 radical (unpaired) electrons. The predicted octanol–water partition coefficient (Wildman–Crippen LogP) is 0.646. The van der Waals surface area contributed by atoms with Gasteiger partial charge in [0.15, 0.2) is 0 Å². The molecule has 1 aromatic rings. The van der Waals surface area contributed by atoms with Gasteiger partial charge >= 0.3 is 0 Å². The Balaban J connectivity index is 3.59. The minimum atomic E-state index is -3.74. The molecule has 0 aliphatic carbocycles. The number of benzene rings is 1. The van der Waals surface area contributed by atoms with Crippen LogP contribution in [-0.2, 0) is 16.6 Å². The summed E-state index contributed by atoms with van der Waals surface area (Å²) in [5.74, 6) is 0. The van der Waals surface area contributed by atoms with Crippen LogP contribution in [0.5, 0.6) is 0 Å². The molecule has 0 unspecified atom stereocenters. The predicted molar refractivity (Wildman–Crippen MR) is 64.6 cm³/mol. The van der Waals surface area contributed by atoms with Crippen molar-refractivity contribution in [2.75, 3.05) is 14.1 Å². The van der Waals surface area contributed by atoms with Gasteiger partial charge in [0.2, 0.25) is 10.0 Å². The Bertz CT molecular complexity index is 580. The number of sulfonamides is 1. The van der Waals surface area contributed by atoms with Crippen LogP contribution in [-0.4, -0.2) is 36.8 Å². The van der Waals surface area contributed by atoms with Crippen LogP contribution in [0.2, 0.25) is 0 Å². The fraction of sp³-hybridized carbons (Fsp3) is 0.400. The topological polar surface area (TPSA) is 101 Å². The van der Waals surface area contributed by atoms with Crippen molar-refractivity contribution in [3.05, 3.63) is 33.4 Å². The van der Waals surface area contributed by atoms with E-state index in [0.29, 0.717) is 5.56 Å². The zero-order valence-electron chi connectivity index (χ0n) is 10.2. The van der Waals surface area contributed by atoms with E-state index in [9.17, 15) is 18.5 Å². The number of nitro benzene ring substituents is 1. The Morgan fingerprint density at radius 1 is 1.39 bits per heavy atom. The van der Waals surface area contributed by atoms with E-state index < -0.39 is 27.2 Å². The van der Waals surface area contributed by atoms with Gasteiger partial charge in [-0.05, 0) is 18.6 Å². The minimum Gasteiger partial charge on any atom is -0.391 e. The van der Waals surface area contributed by atoms with E-state index in [1.54, 1.807) is 0 Å². The molecule has 1 aromatic carbocycles. The zero-order chi connectivity index (χ0) is 14.1. The summed E-state index contributed by atoms with van der Waals surface area (Å²) >= 11 is 0. The van der Waals surface area contributed by atoms with Crippen LogP contribution in [0.3, 0.4) is 0 Å². The fourth-order valence-corrected chi connectivity index (χ4v) is 2.63. The first-order valence-corrected chi connectivity index (χ1v) is 6.47. The van der Waals surface area contributed by atoms with Gasteiger partial charge in [-0.25, -0.2) is 12.7 Å². The highest BCUT2D eigenvalue weighted by molar-refractivity contribution is 7.89. The second-order valence-electron chi connectivity index (χ2n) is 3.95. The Morgan fingerprint density at radius 3 is 2.33 bits per heavy atom. The molecule has 0 amide bonds. The molecule has 1 N–H and O–H groups in total. The maximum absolute atomic E-state index is 12.0. The number of rotatable bonds is 4. The first kappa shape index (κ1) is 14.6. The summed E-state index contributed by atoms with van der Waals surface area (Å²) < 4.78 is 24.9. The second-order valence-corrected chi connectivity index (χ2v) is 6.07. The molecule has 0 heterocycles. The summed E-state index contributed by atoms with van der Waals surface area (Å²) in [6, 6.07) is 2.30. The summed E-state index contributed by atoms with van der Waals surface area (Å²) in [4.78, 5) is 9.99. The second kappa shape index (κ2) is 5.01. The molecule has 18 heavy (non-hydrogen) atoms. The highest BCUT2D eigenvalue weighted by Gasteiger charge is 2.25. The van der Waals surface area contributed by atoms with Crippen molar-refractivity contribution in [1.29, 1.82) is 0 Å². The number of hydrogen-bond donors (Lipinski definition) is 1. The molecular weight excluding hydrogens is 260 g/mol. The van der Waals surface area contributed by atoms with Crippen LogP contribution in [0, 0.1) is 17.0 Å². The van der Waals surface area contributed by atoms with Gasteiger partial charge in [0.25, 0.3) is 5.69 Å². The Kier molecular flexibility index (Phi) is 4.05. The van der Waals surface area contributed by atoms with Crippen LogP contribution >= 0.6 is 0 Å². The van der Waals surface area contributed by atoms with Crippen LogP contribution < -0.4 is 0 Å². The monoisotopic (exact) mass is 274 g/mol. The fourth-order valence-electron chi connectivity index (χ4n) is 1.51. The molecule has 8 heteroatoms. The first-order chi connectivity index (χ1) is 8.21. The van der Waals surface area contributed by atoms with Crippen molar-refractivity contribution >= 4 is 15.7 Å². The van der Waals surface area contributed by atoms with Crippen molar-refractivity contribution in [2.24, 2.45) is 0 Å². The minimum absolute atomic E-state index is 0.0928. The van der Waals surface area contributed by atoms with E-state index in [4.69, 9.17) is 5.11 Å². The third-order valence-corrected chi connectivity index (χ3v) is 4.46. The van der Waals surface area contributed by atoms with Crippen molar-refractivity contribution < 1.29 is 18.4 Å². The molecule has 7 nitrogen and oxygen atoms in total. The largest absolute Gasteiger partial charge is 0.391 e. The van der Waals surface area contributed by atoms with Crippen LogP contribution in [0.4, 0.5) is 5.69 Å². The van der Waals surface area contributed by atoms with Crippen molar-refractivity contribution in [3.63, 3.8) is 0 Å². The SMILES string of the molecule is Cc1cc(CO)c([N+](=O)[O-])cc1S(=O)(=O)N(C)C.